The van der Waals surface area contributed by atoms with Crippen molar-refractivity contribution < 1.29 is 9.18 Å². The van der Waals surface area contributed by atoms with Gasteiger partial charge in [0, 0.05) is 18.1 Å². The van der Waals surface area contributed by atoms with E-state index in [1.54, 1.807) is 12.1 Å². The van der Waals surface area contributed by atoms with Crippen LogP contribution in [0.15, 0.2) is 42.6 Å². The molecule has 0 aliphatic rings. The molecule has 6 heteroatoms. The number of carbonyl (C=O) groups excluding carboxylic acids is 1. The molecule has 1 unspecified atom stereocenters. The third-order valence-electron chi connectivity index (χ3n) is 4.75. The van der Waals surface area contributed by atoms with Crippen molar-refractivity contribution in [2.75, 3.05) is 11.9 Å². The number of anilines is 1. The minimum atomic E-state index is -0.508. The van der Waals surface area contributed by atoms with E-state index < -0.39 is 11.8 Å². The Hall–Kier alpha value is -3.46. The maximum atomic E-state index is 13.1. The van der Waals surface area contributed by atoms with Crippen molar-refractivity contribution in [3.8, 4) is 6.07 Å². The van der Waals surface area contributed by atoms with Gasteiger partial charge in [-0.2, -0.15) is 5.26 Å². The van der Waals surface area contributed by atoms with Crippen LogP contribution in [0.2, 0.25) is 0 Å². The first-order chi connectivity index (χ1) is 13.4. The van der Waals surface area contributed by atoms with E-state index in [0.29, 0.717) is 17.7 Å². The van der Waals surface area contributed by atoms with Crippen molar-refractivity contribution in [1.82, 2.24) is 4.98 Å². The fraction of sp³-hybridized carbons (Fsp3) is 0.227. The number of halogens is 1. The highest BCUT2D eigenvalue weighted by atomic mass is 19.1. The second kappa shape index (κ2) is 8.05. The van der Waals surface area contributed by atoms with Crippen LogP contribution in [0.25, 0.3) is 10.9 Å². The summed E-state index contributed by atoms with van der Waals surface area (Å²) in [5.74, 6) is -1.29. The number of fused-ring (bicyclic) bond motifs is 1. The molecular weight excluding hydrogens is 355 g/mol. The molecule has 0 radical (unpaired) electrons. The largest absolute Gasteiger partial charge is 0.383 e. The number of aryl methyl sites for hydroxylation is 2. The highest BCUT2D eigenvalue weighted by Gasteiger charge is 2.18. The van der Waals surface area contributed by atoms with Gasteiger partial charge in [-0.3, -0.25) is 9.78 Å². The summed E-state index contributed by atoms with van der Waals surface area (Å²) < 4.78 is 13.1. The highest BCUT2D eigenvalue weighted by Crippen LogP contribution is 2.29. The summed E-state index contributed by atoms with van der Waals surface area (Å²) in [5.41, 5.74) is 10.3. The number of rotatable bonds is 6. The number of nitriles is 1. The van der Waals surface area contributed by atoms with Crippen molar-refractivity contribution in [2.24, 2.45) is 11.7 Å². The van der Waals surface area contributed by atoms with E-state index in [1.165, 1.54) is 18.3 Å². The number of carbonyl (C=O) groups is 1. The summed E-state index contributed by atoms with van der Waals surface area (Å²) >= 11 is 0. The first-order valence-electron chi connectivity index (χ1n) is 8.96. The van der Waals surface area contributed by atoms with E-state index in [0.717, 1.165) is 27.6 Å². The molecule has 5 nitrogen and oxygen atoms in total. The number of amides is 1. The second-order valence-electron chi connectivity index (χ2n) is 6.95. The van der Waals surface area contributed by atoms with Crippen molar-refractivity contribution in [3.63, 3.8) is 0 Å². The number of benzene rings is 2. The molecule has 0 fully saturated rings. The predicted molar refractivity (Wildman–Crippen MR) is 107 cm³/mol. The maximum absolute atomic E-state index is 13.1. The average molecular weight is 376 g/mol. The summed E-state index contributed by atoms with van der Waals surface area (Å²) in [4.78, 5) is 16.4. The fourth-order valence-electron chi connectivity index (χ4n) is 3.34. The predicted octanol–water partition coefficient (Wildman–Crippen LogP) is 3.62. The van der Waals surface area contributed by atoms with Gasteiger partial charge in [-0.05, 0) is 49.6 Å². The Morgan fingerprint density at radius 3 is 2.64 bits per heavy atom. The molecule has 0 aliphatic heterocycles. The molecule has 0 saturated carbocycles. The number of nitrogens with two attached hydrogens (primary N) is 1. The fourth-order valence-corrected chi connectivity index (χ4v) is 3.34. The standard InChI is InChI=1S/C22H21FN4O/c1-13-7-14(2)20-19(8-13)21(17(10-24)12-26-20)27-11-16(22(25)28)9-15-3-5-18(23)6-4-15/h3-8,12,16H,9,11H2,1-2H3,(H2,25,28)(H,26,27). The Balaban J connectivity index is 1.91. The lowest BCUT2D eigenvalue weighted by Gasteiger charge is -2.18. The van der Waals surface area contributed by atoms with Crippen LogP contribution >= 0.6 is 0 Å². The van der Waals surface area contributed by atoms with Crippen LogP contribution in [0, 0.1) is 36.9 Å². The molecule has 0 spiro atoms. The third-order valence-corrected chi connectivity index (χ3v) is 4.75. The number of nitrogens with zero attached hydrogens (tertiary/aromatic N) is 2. The summed E-state index contributed by atoms with van der Waals surface area (Å²) in [7, 11) is 0. The summed E-state index contributed by atoms with van der Waals surface area (Å²) in [6.07, 6.45) is 1.91. The van der Waals surface area contributed by atoms with Crippen molar-refractivity contribution >= 4 is 22.5 Å². The van der Waals surface area contributed by atoms with Gasteiger partial charge in [0.05, 0.1) is 22.7 Å². The Morgan fingerprint density at radius 2 is 2.00 bits per heavy atom. The molecule has 2 aromatic carbocycles. The van der Waals surface area contributed by atoms with Gasteiger partial charge in [0.25, 0.3) is 0 Å². The van der Waals surface area contributed by atoms with Gasteiger partial charge in [0.2, 0.25) is 5.91 Å². The lowest BCUT2D eigenvalue weighted by atomic mass is 9.97. The number of hydrogen-bond donors (Lipinski definition) is 2. The van der Waals surface area contributed by atoms with Gasteiger partial charge in [0.15, 0.2) is 0 Å². The number of nitrogens with one attached hydrogen (secondary N) is 1. The van der Waals surface area contributed by atoms with E-state index in [2.05, 4.69) is 16.4 Å². The molecule has 1 aromatic heterocycles. The van der Waals surface area contributed by atoms with Crippen molar-refractivity contribution in [3.05, 3.63) is 70.7 Å². The number of primary amides is 1. The van der Waals surface area contributed by atoms with Gasteiger partial charge in [-0.15, -0.1) is 0 Å². The molecule has 142 valence electrons. The zero-order chi connectivity index (χ0) is 20.3. The van der Waals surface area contributed by atoms with Crippen LogP contribution in [0.4, 0.5) is 10.1 Å². The van der Waals surface area contributed by atoms with Crippen molar-refractivity contribution in [2.45, 2.75) is 20.3 Å². The summed E-state index contributed by atoms with van der Waals surface area (Å²) in [5, 5.41) is 13.6. The molecule has 0 bridgehead atoms. The van der Waals surface area contributed by atoms with E-state index in [4.69, 9.17) is 5.73 Å². The lowest BCUT2D eigenvalue weighted by Crippen LogP contribution is -2.31. The quantitative estimate of drug-likeness (QED) is 0.687. The smallest absolute Gasteiger partial charge is 0.222 e. The monoisotopic (exact) mass is 376 g/mol. The molecule has 1 amide bonds. The topological polar surface area (TPSA) is 91.8 Å². The molecule has 3 N–H and O–H groups in total. The van der Waals surface area contributed by atoms with Crippen LogP contribution in [0.5, 0.6) is 0 Å². The first-order valence-corrected chi connectivity index (χ1v) is 8.96. The average Bonchev–Trinajstić information content (AvgIpc) is 2.66. The Labute approximate surface area is 163 Å². The molecule has 1 atom stereocenters. The number of aromatic nitrogens is 1. The van der Waals surface area contributed by atoms with Crippen LogP contribution in [0.3, 0.4) is 0 Å². The van der Waals surface area contributed by atoms with E-state index in [-0.39, 0.29) is 12.4 Å². The normalized spacial score (nSPS) is 11.8. The SMILES string of the molecule is Cc1cc(C)c2ncc(C#N)c(NCC(Cc3ccc(F)cc3)C(N)=O)c2c1. The van der Waals surface area contributed by atoms with Gasteiger partial charge in [-0.1, -0.05) is 23.8 Å². The second-order valence-corrected chi connectivity index (χ2v) is 6.95. The molecule has 0 aliphatic carbocycles. The van der Waals surface area contributed by atoms with Gasteiger partial charge >= 0.3 is 0 Å². The van der Waals surface area contributed by atoms with Crippen LogP contribution in [-0.2, 0) is 11.2 Å². The Bertz CT molecular complexity index is 1070. The number of hydrogen-bond acceptors (Lipinski definition) is 4. The summed E-state index contributed by atoms with van der Waals surface area (Å²) in [6, 6.07) is 12.2. The first kappa shape index (κ1) is 19.3. The zero-order valence-electron chi connectivity index (χ0n) is 15.8. The zero-order valence-corrected chi connectivity index (χ0v) is 15.8. The van der Waals surface area contributed by atoms with Crippen LogP contribution < -0.4 is 11.1 Å². The number of pyridine rings is 1. The molecule has 3 rings (SSSR count). The van der Waals surface area contributed by atoms with Gasteiger partial charge in [0.1, 0.15) is 11.9 Å². The highest BCUT2D eigenvalue weighted by molar-refractivity contribution is 5.96. The Morgan fingerprint density at radius 1 is 1.29 bits per heavy atom. The summed E-state index contributed by atoms with van der Waals surface area (Å²) in [6.45, 7) is 4.21. The van der Waals surface area contributed by atoms with E-state index >= 15 is 0 Å². The van der Waals surface area contributed by atoms with Crippen LogP contribution in [-0.4, -0.2) is 17.4 Å². The minimum Gasteiger partial charge on any atom is -0.383 e. The lowest BCUT2D eigenvalue weighted by molar-refractivity contribution is -0.121. The third kappa shape index (κ3) is 4.09. The minimum absolute atomic E-state index is 0.257. The van der Waals surface area contributed by atoms with Crippen molar-refractivity contribution in [1.29, 1.82) is 5.26 Å². The Kier molecular flexibility index (Phi) is 5.55. The van der Waals surface area contributed by atoms with Crippen LogP contribution in [0.1, 0.15) is 22.3 Å². The van der Waals surface area contributed by atoms with Gasteiger partial charge < -0.3 is 11.1 Å². The maximum Gasteiger partial charge on any atom is 0.222 e. The van der Waals surface area contributed by atoms with E-state index in [9.17, 15) is 14.4 Å². The molecule has 28 heavy (non-hydrogen) atoms. The van der Waals surface area contributed by atoms with E-state index in [1.807, 2.05) is 26.0 Å². The molecule has 0 saturated heterocycles. The molecule has 3 aromatic rings. The van der Waals surface area contributed by atoms with Gasteiger partial charge in [-0.25, -0.2) is 4.39 Å². The molecule has 1 heterocycles. The molecular formula is C22H21FN4O.